The number of hydrogen-bond acceptors (Lipinski definition) is 5. The topological polar surface area (TPSA) is 76.0 Å². The summed E-state index contributed by atoms with van der Waals surface area (Å²) in [7, 11) is 1.26. The summed E-state index contributed by atoms with van der Waals surface area (Å²) in [6, 6.07) is 0. The first-order valence-electron chi connectivity index (χ1n) is 4.19. The molecule has 2 N–H and O–H groups in total. The van der Waals surface area contributed by atoms with Crippen LogP contribution in [0, 0.1) is 0 Å². The molecule has 0 aliphatic carbocycles. The largest absolute Gasteiger partial charge is 0.467 e. The summed E-state index contributed by atoms with van der Waals surface area (Å²) in [6.07, 6.45) is -1.21. The predicted octanol–water partition coefficient (Wildman–Crippen LogP) is -0.940. The van der Waals surface area contributed by atoms with Crippen LogP contribution in [0.5, 0.6) is 0 Å². The van der Waals surface area contributed by atoms with Crippen LogP contribution in [0.25, 0.3) is 0 Å². The average Bonchev–Trinajstić information content (AvgIpc) is 2.15. The number of rotatable bonds is 2. The van der Waals surface area contributed by atoms with Crippen LogP contribution >= 0.6 is 0 Å². The van der Waals surface area contributed by atoms with E-state index in [-0.39, 0.29) is 13.0 Å². The number of carbonyl (C=O) groups is 1. The Hall–Kier alpha value is -0.650. The summed E-state index contributed by atoms with van der Waals surface area (Å²) >= 11 is 0. The monoisotopic (exact) mass is 190 g/mol. The van der Waals surface area contributed by atoms with Crippen molar-refractivity contribution >= 4 is 5.97 Å². The zero-order chi connectivity index (χ0) is 9.84. The molecule has 1 rings (SSSR count). The summed E-state index contributed by atoms with van der Waals surface area (Å²) in [5.41, 5.74) is 0. The lowest BCUT2D eigenvalue weighted by Gasteiger charge is -2.30. The molecule has 1 aliphatic rings. The zero-order valence-corrected chi connectivity index (χ0v) is 7.47. The molecule has 1 aliphatic heterocycles. The summed E-state index contributed by atoms with van der Waals surface area (Å²) in [6.45, 7) is -0.190. The van der Waals surface area contributed by atoms with Crippen LogP contribution in [0.3, 0.4) is 0 Å². The lowest BCUT2D eigenvalue weighted by Crippen LogP contribution is -2.42. The van der Waals surface area contributed by atoms with Gasteiger partial charge in [-0.25, -0.2) is 4.79 Å². The summed E-state index contributed by atoms with van der Waals surface area (Å²) in [5, 5.41) is 18.1. The molecule has 3 atom stereocenters. The standard InChI is InChI=1S/C8H14O5/c1-12-8(11)7-3-5(10)2-6(4-9)13-7/h5-7,9-10H,2-4H2,1H3. The number of ether oxygens (including phenoxy) is 2. The van der Waals surface area contributed by atoms with E-state index in [1.807, 2.05) is 0 Å². The van der Waals surface area contributed by atoms with Crippen molar-refractivity contribution in [2.75, 3.05) is 13.7 Å². The molecule has 0 radical (unpaired) electrons. The van der Waals surface area contributed by atoms with Gasteiger partial charge in [-0.05, 0) is 0 Å². The molecule has 76 valence electrons. The van der Waals surface area contributed by atoms with Crippen molar-refractivity contribution in [3.8, 4) is 0 Å². The minimum absolute atomic E-state index is 0.190. The number of methoxy groups -OCH3 is 1. The first kappa shape index (κ1) is 10.4. The highest BCUT2D eigenvalue weighted by Crippen LogP contribution is 2.20. The van der Waals surface area contributed by atoms with Gasteiger partial charge in [-0.1, -0.05) is 0 Å². The molecule has 1 fully saturated rings. The van der Waals surface area contributed by atoms with Crippen LogP contribution < -0.4 is 0 Å². The van der Waals surface area contributed by atoms with Gasteiger partial charge in [-0.3, -0.25) is 0 Å². The molecule has 13 heavy (non-hydrogen) atoms. The molecule has 0 bridgehead atoms. The predicted molar refractivity (Wildman–Crippen MR) is 43.0 cm³/mol. The molecule has 0 aromatic carbocycles. The second kappa shape index (κ2) is 4.55. The van der Waals surface area contributed by atoms with E-state index < -0.39 is 24.3 Å². The molecule has 0 aromatic rings. The van der Waals surface area contributed by atoms with Crippen molar-refractivity contribution in [3.63, 3.8) is 0 Å². The maximum Gasteiger partial charge on any atom is 0.335 e. The molecule has 0 aromatic heterocycles. The molecule has 0 saturated carbocycles. The number of aliphatic hydroxyl groups excluding tert-OH is 2. The SMILES string of the molecule is COC(=O)C1CC(O)CC(CO)O1. The van der Waals surface area contributed by atoms with Crippen LogP contribution in [-0.4, -0.2) is 48.2 Å². The highest BCUT2D eigenvalue weighted by atomic mass is 16.6. The van der Waals surface area contributed by atoms with Crippen molar-refractivity contribution in [2.45, 2.75) is 31.2 Å². The lowest BCUT2D eigenvalue weighted by atomic mass is 10.0. The minimum Gasteiger partial charge on any atom is -0.467 e. The Bertz CT molecular complexity index is 181. The minimum atomic E-state index is -0.745. The maximum atomic E-state index is 11.0. The molecule has 5 heteroatoms. The molecular formula is C8H14O5. The van der Waals surface area contributed by atoms with E-state index in [1.54, 1.807) is 0 Å². The van der Waals surface area contributed by atoms with Gasteiger partial charge >= 0.3 is 5.97 Å². The van der Waals surface area contributed by atoms with Crippen molar-refractivity contribution in [2.24, 2.45) is 0 Å². The van der Waals surface area contributed by atoms with E-state index in [2.05, 4.69) is 4.74 Å². The smallest absolute Gasteiger partial charge is 0.335 e. The highest BCUT2D eigenvalue weighted by Gasteiger charge is 2.32. The van der Waals surface area contributed by atoms with Crippen LogP contribution in [-0.2, 0) is 14.3 Å². The third kappa shape index (κ3) is 2.65. The van der Waals surface area contributed by atoms with Crippen LogP contribution in [0.4, 0.5) is 0 Å². The number of aliphatic hydroxyl groups is 2. The van der Waals surface area contributed by atoms with E-state index in [0.29, 0.717) is 6.42 Å². The van der Waals surface area contributed by atoms with Gasteiger partial charge in [-0.2, -0.15) is 0 Å². The van der Waals surface area contributed by atoms with Gasteiger partial charge in [-0.15, -0.1) is 0 Å². The van der Waals surface area contributed by atoms with E-state index in [1.165, 1.54) is 7.11 Å². The van der Waals surface area contributed by atoms with Gasteiger partial charge in [0.05, 0.1) is 25.9 Å². The van der Waals surface area contributed by atoms with Gasteiger partial charge in [0.25, 0.3) is 0 Å². The fourth-order valence-corrected chi connectivity index (χ4v) is 1.39. The number of hydrogen-bond donors (Lipinski definition) is 2. The third-order valence-electron chi connectivity index (χ3n) is 2.05. The van der Waals surface area contributed by atoms with Gasteiger partial charge < -0.3 is 19.7 Å². The van der Waals surface area contributed by atoms with Crippen molar-refractivity contribution in [3.05, 3.63) is 0 Å². The number of esters is 1. The first-order chi connectivity index (χ1) is 6.17. The van der Waals surface area contributed by atoms with Crippen LogP contribution in [0.1, 0.15) is 12.8 Å². The first-order valence-corrected chi connectivity index (χ1v) is 4.19. The Kier molecular flexibility index (Phi) is 3.65. The van der Waals surface area contributed by atoms with Gasteiger partial charge in [0.2, 0.25) is 0 Å². The van der Waals surface area contributed by atoms with Gasteiger partial charge in [0.1, 0.15) is 0 Å². The van der Waals surface area contributed by atoms with Crippen LogP contribution in [0.2, 0.25) is 0 Å². The Morgan fingerprint density at radius 3 is 2.85 bits per heavy atom. The molecule has 1 heterocycles. The van der Waals surface area contributed by atoms with E-state index in [4.69, 9.17) is 9.84 Å². The highest BCUT2D eigenvalue weighted by molar-refractivity contribution is 5.74. The summed E-state index contributed by atoms with van der Waals surface area (Å²) < 4.78 is 9.65. The Balaban J connectivity index is 2.51. The van der Waals surface area contributed by atoms with Crippen molar-refractivity contribution in [1.29, 1.82) is 0 Å². The van der Waals surface area contributed by atoms with Crippen molar-refractivity contribution in [1.82, 2.24) is 0 Å². The number of carbonyl (C=O) groups excluding carboxylic acids is 1. The van der Waals surface area contributed by atoms with E-state index in [9.17, 15) is 9.90 Å². The molecular weight excluding hydrogens is 176 g/mol. The Morgan fingerprint density at radius 1 is 1.62 bits per heavy atom. The van der Waals surface area contributed by atoms with E-state index >= 15 is 0 Å². The second-order valence-corrected chi connectivity index (χ2v) is 3.08. The Labute approximate surface area is 76.3 Å². The third-order valence-corrected chi connectivity index (χ3v) is 2.05. The average molecular weight is 190 g/mol. The zero-order valence-electron chi connectivity index (χ0n) is 7.47. The normalized spacial score (nSPS) is 34.2. The second-order valence-electron chi connectivity index (χ2n) is 3.08. The van der Waals surface area contributed by atoms with Gasteiger partial charge in [0.15, 0.2) is 6.10 Å². The fraction of sp³-hybridized carbons (Fsp3) is 0.875. The summed E-state index contributed by atoms with van der Waals surface area (Å²) in [4.78, 5) is 11.0. The Morgan fingerprint density at radius 2 is 2.31 bits per heavy atom. The molecule has 0 spiro atoms. The maximum absolute atomic E-state index is 11.0. The molecule has 1 saturated heterocycles. The van der Waals surface area contributed by atoms with Crippen LogP contribution in [0.15, 0.2) is 0 Å². The fourth-order valence-electron chi connectivity index (χ4n) is 1.39. The summed E-state index contributed by atoms with van der Waals surface area (Å²) in [5.74, 6) is -0.503. The molecule has 0 amide bonds. The van der Waals surface area contributed by atoms with Gasteiger partial charge in [0, 0.05) is 12.8 Å². The quantitative estimate of drug-likeness (QED) is 0.550. The van der Waals surface area contributed by atoms with Crippen molar-refractivity contribution < 1.29 is 24.5 Å². The molecule has 5 nitrogen and oxygen atoms in total. The lowest BCUT2D eigenvalue weighted by molar-refractivity contribution is -0.172. The van der Waals surface area contributed by atoms with E-state index in [0.717, 1.165) is 0 Å². The molecule has 3 unspecified atom stereocenters.